The smallest absolute Gasteiger partial charge is 0.260 e. The number of amides is 1. The van der Waals surface area contributed by atoms with E-state index in [-0.39, 0.29) is 25.2 Å². The lowest BCUT2D eigenvalue weighted by Gasteiger charge is -2.35. The lowest BCUT2D eigenvalue weighted by atomic mass is 9.90. The maximum atomic E-state index is 12.4. The predicted molar refractivity (Wildman–Crippen MR) is 97.1 cm³/mol. The van der Waals surface area contributed by atoms with Gasteiger partial charge in [-0.15, -0.1) is 11.3 Å². The number of benzene rings is 1. The summed E-state index contributed by atoms with van der Waals surface area (Å²) in [7, 11) is 0. The van der Waals surface area contributed by atoms with Gasteiger partial charge in [0.1, 0.15) is 5.75 Å². The molecular weight excluding hydrogens is 354 g/mol. The molecule has 1 aromatic heterocycles. The van der Waals surface area contributed by atoms with E-state index in [0.29, 0.717) is 30.3 Å². The van der Waals surface area contributed by atoms with Crippen LogP contribution in [0.2, 0.25) is 0 Å². The molecular formula is C19H21NO5S. The molecule has 1 fully saturated rings. The number of thiophene rings is 1. The Morgan fingerprint density at radius 1 is 1.35 bits per heavy atom. The molecule has 0 saturated carbocycles. The Labute approximate surface area is 155 Å². The lowest BCUT2D eigenvalue weighted by Crippen LogP contribution is -2.47. The maximum absolute atomic E-state index is 12.4. The largest absolute Gasteiger partial charge is 0.484 e. The number of aryl methyl sites for hydroxylation is 1. The van der Waals surface area contributed by atoms with Gasteiger partial charge in [0, 0.05) is 30.0 Å². The molecule has 1 N–H and O–H groups in total. The molecule has 26 heavy (non-hydrogen) atoms. The zero-order valence-electron chi connectivity index (χ0n) is 14.5. The average Bonchev–Trinajstić information content (AvgIpc) is 3.27. The zero-order chi connectivity index (χ0) is 18.1. The van der Waals surface area contributed by atoms with Gasteiger partial charge in [-0.3, -0.25) is 4.79 Å². The molecule has 2 aliphatic heterocycles. The van der Waals surface area contributed by atoms with Crippen molar-refractivity contribution in [2.24, 2.45) is 0 Å². The van der Waals surface area contributed by atoms with Gasteiger partial charge in [0.25, 0.3) is 5.91 Å². The van der Waals surface area contributed by atoms with Crippen LogP contribution < -0.4 is 14.2 Å². The molecule has 0 bridgehead atoms. The van der Waals surface area contributed by atoms with E-state index in [1.165, 1.54) is 10.4 Å². The van der Waals surface area contributed by atoms with Crippen molar-refractivity contribution in [3.05, 3.63) is 40.1 Å². The van der Waals surface area contributed by atoms with E-state index in [1.54, 1.807) is 34.4 Å². The van der Waals surface area contributed by atoms with E-state index in [4.69, 9.17) is 14.2 Å². The number of nitrogens with zero attached hydrogens (tertiary/aromatic N) is 1. The standard InChI is InChI=1S/C19H21NO5S/c1-12-5-7-26-19(12)14-4-6-20(9-15(14)21)18(22)10-23-13-2-3-16-17(8-13)25-11-24-16/h2-3,5,7-8,14-15,21H,4,6,9-11H2,1H3/t14-,15-/m1/s1. The van der Waals surface area contributed by atoms with Gasteiger partial charge in [-0.25, -0.2) is 0 Å². The number of aliphatic hydroxyl groups is 1. The summed E-state index contributed by atoms with van der Waals surface area (Å²) in [5.41, 5.74) is 1.21. The predicted octanol–water partition coefficient (Wildman–Crippen LogP) is 2.54. The maximum Gasteiger partial charge on any atom is 0.260 e. The lowest BCUT2D eigenvalue weighted by molar-refractivity contribution is -0.136. The number of hydrogen-bond donors (Lipinski definition) is 1. The van der Waals surface area contributed by atoms with E-state index in [2.05, 4.69) is 13.0 Å². The molecule has 1 amide bonds. The van der Waals surface area contributed by atoms with Crippen LogP contribution in [0.15, 0.2) is 29.6 Å². The first-order valence-corrected chi connectivity index (χ1v) is 9.52. The Morgan fingerprint density at radius 2 is 2.19 bits per heavy atom. The second-order valence-corrected chi connectivity index (χ2v) is 7.52. The summed E-state index contributed by atoms with van der Waals surface area (Å²) in [4.78, 5) is 15.3. The molecule has 0 spiro atoms. The highest BCUT2D eigenvalue weighted by molar-refractivity contribution is 7.10. The van der Waals surface area contributed by atoms with Crippen LogP contribution in [-0.2, 0) is 4.79 Å². The molecule has 0 unspecified atom stereocenters. The van der Waals surface area contributed by atoms with Crippen LogP contribution in [0.25, 0.3) is 0 Å². The Hall–Kier alpha value is -2.25. The van der Waals surface area contributed by atoms with Crippen molar-refractivity contribution in [2.45, 2.75) is 25.4 Å². The molecule has 4 rings (SSSR count). The molecule has 2 aromatic rings. The van der Waals surface area contributed by atoms with Crippen LogP contribution in [-0.4, -0.2) is 48.5 Å². The number of carbonyl (C=O) groups is 1. The minimum Gasteiger partial charge on any atom is -0.484 e. The second-order valence-electron chi connectivity index (χ2n) is 6.57. The van der Waals surface area contributed by atoms with Gasteiger partial charge in [0.2, 0.25) is 6.79 Å². The van der Waals surface area contributed by atoms with Crippen molar-refractivity contribution in [3.8, 4) is 17.2 Å². The number of aliphatic hydroxyl groups excluding tert-OH is 1. The summed E-state index contributed by atoms with van der Waals surface area (Å²) in [6.45, 7) is 3.17. The van der Waals surface area contributed by atoms with E-state index in [0.717, 1.165) is 6.42 Å². The van der Waals surface area contributed by atoms with Crippen LogP contribution in [0.1, 0.15) is 22.8 Å². The quantitative estimate of drug-likeness (QED) is 0.889. The summed E-state index contributed by atoms with van der Waals surface area (Å²) in [5, 5.41) is 12.6. The number of likely N-dealkylation sites (tertiary alicyclic amines) is 1. The molecule has 1 aromatic carbocycles. The van der Waals surface area contributed by atoms with E-state index in [1.807, 2.05) is 5.38 Å². The third kappa shape index (κ3) is 3.37. The number of piperidine rings is 1. The normalized spacial score (nSPS) is 21.7. The number of rotatable bonds is 4. The van der Waals surface area contributed by atoms with Gasteiger partial charge >= 0.3 is 0 Å². The summed E-state index contributed by atoms with van der Waals surface area (Å²) in [6, 6.07) is 7.31. The summed E-state index contributed by atoms with van der Waals surface area (Å²) < 4.78 is 16.2. The molecule has 138 valence electrons. The zero-order valence-corrected chi connectivity index (χ0v) is 15.3. The van der Waals surface area contributed by atoms with Crippen molar-refractivity contribution in [1.82, 2.24) is 4.90 Å². The molecule has 7 heteroatoms. The van der Waals surface area contributed by atoms with Crippen molar-refractivity contribution < 1.29 is 24.1 Å². The summed E-state index contributed by atoms with van der Waals surface area (Å²) in [6.07, 6.45) is 0.216. The van der Waals surface area contributed by atoms with Crippen molar-refractivity contribution in [2.75, 3.05) is 26.5 Å². The first-order valence-electron chi connectivity index (χ1n) is 8.64. The number of carbonyl (C=O) groups excluding carboxylic acids is 1. The van der Waals surface area contributed by atoms with Crippen molar-refractivity contribution in [1.29, 1.82) is 0 Å². The summed E-state index contributed by atoms with van der Waals surface area (Å²) in [5.74, 6) is 1.85. The fourth-order valence-corrected chi connectivity index (χ4v) is 4.55. The summed E-state index contributed by atoms with van der Waals surface area (Å²) >= 11 is 1.68. The van der Waals surface area contributed by atoms with E-state index >= 15 is 0 Å². The van der Waals surface area contributed by atoms with E-state index < -0.39 is 6.10 Å². The average molecular weight is 375 g/mol. The topological polar surface area (TPSA) is 68.2 Å². The second kappa shape index (κ2) is 7.17. The van der Waals surface area contributed by atoms with Crippen LogP contribution in [0.3, 0.4) is 0 Å². The molecule has 1 saturated heterocycles. The molecule has 0 aliphatic carbocycles. The van der Waals surface area contributed by atoms with Gasteiger partial charge in [0.15, 0.2) is 18.1 Å². The van der Waals surface area contributed by atoms with Crippen LogP contribution in [0.5, 0.6) is 17.2 Å². The van der Waals surface area contributed by atoms with Crippen molar-refractivity contribution >= 4 is 17.2 Å². The highest BCUT2D eigenvalue weighted by Crippen LogP contribution is 2.36. The van der Waals surface area contributed by atoms with Gasteiger partial charge in [-0.05, 0) is 42.5 Å². The fraction of sp³-hybridized carbons (Fsp3) is 0.421. The van der Waals surface area contributed by atoms with Crippen molar-refractivity contribution in [3.63, 3.8) is 0 Å². The number of ether oxygens (including phenoxy) is 3. The Bertz CT molecular complexity index is 805. The van der Waals surface area contributed by atoms with Gasteiger partial charge in [0.05, 0.1) is 6.10 Å². The number of fused-ring (bicyclic) bond motifs is 1. The number of β-amino-alcohol motifs (C(OH)–C–C–N with tert-alkyl or cyclic N) is 1. The van der Waals surface area contributed by atoms with Gasteiger partial charge in [-0.1, -0.05) is 0 Å². The monoisotopic (exact) mass is 375 g/mol. The van der Waals surface area contributed by atoms with Crippen LogP contribution >= 0.6 is 11.3 Å². The van der Waals surface area contributed by atoms with Gasteiger partial charge in [-0.2, -0.15) is 0 Å². The molecule has 6 nitrogen and oxygen atoms in total. The third-order valence-electron chi connectivity index (χ3n) is 4.88. The highest BCUT2D eigenvalue weighted by Gasteiger charge is 2.32. The Morgan fingerprint density at radius 3 is 2.96 bits per heavy atom. The molecule has 2 aliphatic rings. The number of hydrogen-bond acceptors (Lipinski definition) is 6. The molecule has 3 heterocycles. The third-order valence-corrected chi connectivity index (χ3v) is 6.03. The minimum atomic E-state index is -0.546. The fourth-order valence-electron chi connectivity index (χ4n) is 3.43. The first-order chi connectivity index (χ1) is 12.6. The molecule has 0 radical (unpaired) electrons. The highest BCUT2D eigenvalue weighted by atomic mass is 32.1. The first kappa shape index (κ1) is 17.2. The minimum absolute atomic E-state index is 0.0605. The SMILES string of the molecule is Cc1ccsc1[C@@H]1CCN(C(=O)COc2ccc3c(c2)OCO3)C[C@H]1O. The van der Waals surface area contributed by atoms with E-state index in [9.17, 15) is 9.90 Å². The Balaban J connectivity index is 1.32. The van der Waals surface area contributed by atoms with Gasteiger partial charge < -0.3 is 24.2 Å². The van der Waals surface area contributed by atoms with Crippen LogP contribution in [0, 0.1) is 6.92 Å². The van der Waals surface area contributed by atoms with Crippen LogP contribution in [0.4, 0.5) is 0 Å². The Kier molecular flexibility index (Phi) is 4.74. The molecule has 2 atom stereocenters.